The summed E-state index contributed by atoms with van der Waals surface area (Å²) in [5.74, 6) is -3.63. The van der Waals surface area contributed by atoms with Gasteiger partial charge in [-0.15, -0.1) is 0 Å². The lowest BCUT2D eigenvalue weighted by atomic mass is 10.1. The maximum Gasteiger partial charge on any atom is 0.335 e. The molecule has 0 aromatic carbocycles. The second kappa shape index (κ2) is 14.6. The van der Waals surface area contributed by atoms with Crippen LogP contribution in [-0.4, -0.2) is 133 Å². The van der Waals surface area contributed by atoms with E-state index in [0.29, 0.717) is 83.2 Å². The maximum atomic E-state index is 13.9. The Morgan fingerprint density at radius 3 is 1.76 bits per heavy atom. The van der Waals surface area contributed by atoms with Gasteiger partial charge in [0.2, 0.25) is 29.5 Å². The lowest BCUT2D eigenvalue weighted by molar-refractivity contribution is -0.146. The monoisotopic (exact) mass is 688 g/mol. The number of carbonyl (C=O) groups excluding carboxylic acids is 6. The number of amides is 6. The minimum Gasteiger partial charge on any atom is -0.478 e. The fraction of sp³-hybridized carbons (Fsp3) is 0.500. The molecule has 0 saturated carbocycles. The second-order valence-corrected chi connectivity index (χ2v) is 13.1. The summed E-state index contributed by atoms with van der Waals surface area (Å²) in [6.45, 7) is 1.08. The first-order valence-electron chi connectivity index (χ1n) is 17.0. The zero-order chi connectivity index (χ0) is 35.5. The van der Waals surface area contributed by atoms with Gasteiger partial charge < -0.3 is 35.8 Å². The number of pyridine rings is 2. The van der Waals surface area contributed by atoms with Gasteiger partial charge in [0.05, 0.1) is 23.5 Å². The first kappa shape index (κ1) is 34.5. The molecule has 2 aromatic rings. The molecule has 6 amide bonds. The van der Waals surface area contributed by atoms with Crippen molar-refractivity contribution in [1.29, 1.82) is 0 Å². The van der Waals surface area contributed by atoms with E-state index in [1.165, 1.54) is 56.3 Å². The molecule has 6 rings (SSSR count). The van der Waals surface area contributed by atoms with Crippen molar-refractivity contribution in [1.82, 2.24) is 34.9 Å². The fourth-order valence-corrected chi connectivity index (χ4v) is 7.56. The van der Waals surface area contributed by atoms with E-state index in [9.17, 15) is 38.7 Å². The smallest absolute Gasteiger partial charge is 0.335 e. The summed E-state index contributed by atoms with van der Waals surface area (Å²) in [6, 6.07) is 2.76. The topological polar surface area (TPSA) is 217 Å². The highest BCUT2D eigenvalue weighted by atomic mass is 16.4. The second-order valence-electron chi connectivity index (χ2n) is 13.1. The SMILES string of the molecule is NC(=O)[C@@H]1CCCN1C(=O)[C@@H]1CCCN1C(=O)CNC(=O)[C@@H]1CCCN1C(=O)[C@@H]1CCCN1C(=O)c1ccnc(-c2cc(C(=O)O)ccn2)c1. The number of nitrogens with one attached hydrogen (secondary N) is 1. The van der Waals surface area contributed by atoms with E-state index < -0.39 is 53.8 Å². The number of rotatable bonds is 9. The predicted molar refractivity (Wildman–Crippen MR) is 175 cm³/mol. The lowest BCUT2D eigenvalue weighted by Crippen LogP contribution is -2.55. The van der Waals surface area contributed by atoms with E-state index >= 15 is 0 Å². The molecule has 2 aromatic heterocycles. The van der Waals surface area contributed by atoms with Crippen LogP contribution >= 0.6 is 0 Å². The highest BCUT2D eigenvalue weighted by Crippen LogP contribution is 2.28. The summed E-state index contributed by atoms with van der Waals surface area (Å²) in [6.07, 6.45) is 6.99. The summed E-state index contributed by atoms with van der Waals surface area (Å²) in [5.41, 5.74) is 6.38. The molecule has 4 fully saturated rings. The minimum absolute atomic E-state index is 0.0277. The van der Waals surface area contributed by atoms with Crippen molar-refractivity contribution in [3.8, 4) is 11.4 Å². The number of aromatic carboxylic acids is 1. The van der Waals surface area contributed by atoms with Crippen LogP contribution in [0.1, 0.15) is 72.1 Å². The van der Waals surface area contributed by atoms with Crippen molar-refractivity contribution >= 4 is 41.4 Å². The van der Waals surface area contributed by atoms with Crippen LogP contribution < -0.4 is 11.1 Å². The standard InChI is InChI=1S/C34H40N8O8/c35-29(44)24-5-1-14-40(24)32(47)26-7-3-13-39(26)28(43)19-38-30(45)25-6-2-15-41(25)33(48)27-8-4-16-42(27)31(46)20-9-11-36-22(17-20)23-18-21(34(49)50)10-12-37-23/h9-12,17-18,24-27H,1-8,13-16,19H2,(H2,35,44)(H,38,45)(H,49,50)/t24-,25-,26-,27-/m0/s1. The number of primary amides is 1. The van der Waals surface area contributed by atoms with Crippen molar-refractivity contribution in [3.05, 3.63) is 47.8 Å². The number of nitrogens with zero attached hydrogens (tertiary/aromatic N) is 6. The molecule has 0 bridgehead atoms. The van der Waals surface area contributed by atoms with Crippen molar-refractivity contribution in [2.24, 2.45) is 5.73 Å². The Labute approximate surface area is 288 Å². The van der Waals surface area contributed by atoms with E-state index in [2.05, 4.69) is 15.3 Å². The Morgan fingerprint density at radius 2 is 1.16 bits per heavy atom. The third-order valence-corrected chi connectivity index (χ3v) is 10.0. The largest absolute Gasteiger partial charge is 0.478 e. The Kier molecular flexibility index (Phi) is 10.1. The molecule has 0 spiro atoms. The zero-order valence-electron chi connectivity index (χ0n) is 27.5. The van der Waals surface area contributed by atoms with Crippen LogP contribution in [-0.2, 0) is 24.0 Å². The van der Waals surface area contributed by atoms with Gasteiger partial charge in [-0.05, 0) is 75.6 Å². The van der Waals surface area contributed by atoms with E-state index in [4.69, 9.17) is 5.73 Å². The van der Waals surface area contributed by atoms with Crippen molar-refractivity contribution < 1.29 is 38.7 Å². The number of nitrogens with two attached hydrogens (primary N) is 1. The predicted octanol–water partition coefficient (Wildman–Crippen LogP) is 0.0209. The van der Waals surface area contributed by atoms with Crippen molar-refractivity contribution in [3.63, 3.8) is 0 Å². The summed E-state index contributed by atoms with van der Waals surface area (Å²) in [5, 5.41) is 12.0. The van der Waals surface area contributed by atoms with E-state index in [1.807, 2.05) is 0 Å². The molecule has 4 N–H and O–H groups in total. The average Bonchev–Trinajstić information content (AvgIpc) is 3.96. The molecule has 16 heteroatoms. The molecule has 16 nitrogen and oxygen atoms in total. The highest BCUT2D eigenvalue weighted by molar-refractivity contribution is 6.00. The summed E-state index contributed by atoms with van der Waals surface area (Å²) in [4.78, 5) is 105. The van der Waals surface area contributed by atoms with E-state index in [0.717, 1.165) is 0 Å². The van der Waals surface area contributed by atoms with Gasteiger partial charge in [0.1, 0.15) is 24.2 Å². The Morgan fingerprint density at radius 1 is 0.680 bits per heavy atom. The van der Waals surface area contributed by atoms with Crippen molar-refractivity contribution in [2.75, 3.05) is 32.7 Å². The molecule has 4 aliphatic heterocycles. The van der Waals surface area contributed by atoms with Gasteiger partial charge in [0.25, 0.3) is 5.91 Å². The lowest BCUT2D eigenvalue weighted by Gasteiger charge is -2.32. The van der Waals surface area contributed by atoms with Gasteiger partial charge in [-0.25, -0.2) is 4.79 Å². The molecule has 0 radical (unpaired) electrons. The van der Waals surface area contributed by atoms with Crippen LogP contribution in [0.5, 0.6) is 0 Å². The van der Waals surface area contributed by atoms with Gasteiger partial charge in [-0.1, -0.05) is 0 Å². The number of hydrogen-bond donors (Lipinski definition) is 3. The first-order valence-corrected chi connectivity index (χ1v) is 17.0. The molecular formula is C34H40N8O8. The molecule has 6 heterocycles. The van der Waals surface area contributed by atoms with Gasteiger partial charge in [0, 0.05) is 44.1 Å². The molecule has 4 saturated heterocycles. The molecule has 264 valence electrons. The summed E-state index contributed by atoms with van der Waals surface area (Å²) < 4.78 is 0. The number of carboxylic acid groups (broad SMARTS) is 1. The first-order chi connectivity index (χ1) is 24.0. The normalized spacial score (nSPS) is 23.3. The van der Waals surface area contributed by atoms with Crippen LogP contribution in [0.2, 0.25) is 0 Å². The molecule has 0 unspecified atom stereocenters. The molecule has 0 aliphatic carbocycles. The van der Waals surface area contributed by atoms with Gasteiger partial charge in [-0.3, -0.25) is 38.7 Å². The third kappa shape index (κ3) is 6.87. The number of aromatic nitrogens is 2. The average molecular weight is 689 g/mol. The van der Waals surface area contributed by atoms with Crippen molar-refractivity contribution in [2.45, 2.75) is 75.5 Å². The molecule has 4 aliphatic rings. The zero-order valence-corrected chi connectivity index (χ0v) is 27.5. The van der Waals surface area contributed by atoms with Crippen LogP contribution in [0, 0.1) is 0 Å². The number of carbonyl (C=O) groups is 7. The van der Waals surface area contributed by atoms with Gasteiger partial charge in [-0.2, -0.15) is 0 Å². The highest BCUT2D eigenvalue weighted by Gasteiger charge is 2.44. The van der Waals surface area contributed by atoms with Crippen LogP contribution in [0.4, 0.5) is 0 Å². The fourth-order valence-electron chi connectivity index (χ4n) is 7.56. The maximum absolute atomic E-state index is 13.9. The summed E-state index contributed by atoms with van der Waals surface area (Å²) >= 11 is 0. The molecular weight excluding hydrogens is 648 g/mol. The Hall–Kier alpha value is -5.41. The number of carboxylic acids is 1. The Bertz CT molecular complexity index is 1720. The number of likely N-dealkylation sites (tertiary alicyclic amines) is 4. The quantitative estimate of drug-likeness (QED) is 0.321. The van der Waals surface area contributed by atoms with Gasteiger partial charge in [0.15, 0.2) is 0 Å². The van der Waals surface area contributed by atoms with E-state index in [-0.39, 0.29) is 35.2 Å². The summed E-state index contributed by atoms with van der Waals surface area (Å²) in [7, 11) is 0. The number of hydrogen-bond acceptors (Lipinski definition) is 9. The van der Waals surface area contributed by atoms with Crippen LogP contribution in [0.3, 0.4) is 0 Å². The minimum atomic E-state index is -1.12. The Balaban J connectivity index is 1.08. The van der Waals surface area contributed by atoms with Crippen LogP contribution in [0.25, 0.3) is 11.4 Å². The molecule has 50 heavy (non-hydrogen) atoms. The van der Waals surface area contributed by atoms with E-state index in [1.54, 1.807) is 0 Å². The third-order valence-electron chi connectivity index (χ3n) is 10.0. The van der Waals surface area contributed by atoms with Gasteiger partial charge >= 0.3 is 5.97 Å². The van der Waals surface area contributed by atoms with Crippen LogP contribution in [0.15, 0.2) is 36.7 Å². The molecule has 4 atom stereocenters.